The summed E-state index contributed by atoms with van der Waals surface area (Å²) in [5.74, 6) is -5.76. The van der Waals surface area contributed by atoms with Crippen molar-refractivity contribution in [1.29, 1.82) is 0 Å². The van der Waals surface area contributed by atoms with Crippen molar-refractivity contribution in [3.05, 3.63) is 95.1 Å². The van der Waals surface area contributed by atoms with Gasteiger partial charge in [-0.2, -0.15) is 0 Å². The minimum absolute atomic E-state index is 0.115. The van der Waals surface area contributed by atoms with E-state index in [1.165, 1.54) is 0 Å². The molecule has 1 heterocycles. The summed E-state index contributed by atoms with van der Waals surface area (Å²) in [6, 6.07) is 18.0. The highest BCUT2D eigenvalue weighted by Gasteiger charge is 2.19. The number of benzene rings is 2. The maximum absolute atomic E-state index is 10.7. The van der Waals surface area contributed by atoms with E-state index in [-0.39, 0.29) is 12.5 Å². The van der Waals surface area contributed by atoms with E-state index in [1.807, 2.05) is 42.5 Å². The lowest BCUT2D eigenvalue weighted by Gasteiger charge is -2.34. The Morgan fingerprint density at radius 3 is 1.48 bits per heavy atom. The Bertz CT molecular complexity index is 1190. The topological polar surface area (TPSA) is 202 Å². The third kappa shape index (κ3) is 18.1. The molecule has 1 atom stereocenters. The van der Waals surface area contributed by atoms with Crippen molar-refractivity contribution >= 4 is 41.4 Å². The summed E-state index contributed by atoms with van der Waals surface area (Å²) in [5, 5.41) is 40.8. The molecule has 1 fully saturated rings. The van der Waals surface area contributed by atoms with Crippen molar-refractivity contribution in [2.45, 2.75) is 12.5 Å². The van der Waals surface area contributed by atoms with Crippen molar-refractivity contribution < 1.29 is 54.2 Å². The molecule has 14 heteroatoms. The largest absolute Gasteiger partial charge is 0.481 e. The van der Waals surface area contributed by atoms with Crippen molar-refractivity contribution in [3.63, 3.8) is 0 Å². The predicted octanol–water partition coefficient (Wildman–Crippen LogP) is 2.96. The van der Waals surface area contributed by atoms with E-state index in [9.17, 15) is 24.0 Å². The Labute approximate surface area is 258 Å². The fraction of sp³-hybridized carbons (Fsp3) is 0.300. The van der Waals surface area contributed by atoms with Crippen LogP contribution in [0.5, 0.6) is 0 Å². The fourth-order valence-electron chi connectivity index (χ4n) is 3.73. The van der Waals surface area contributed by atoms with Crippen LogP contribution in [-0.2, 0) is 28.7 Å². The first-order chi connectivity index (χ1) is 20.9. The molecule has 238 valence electrons. The van der Waals surface area contributed by atoms with Crippen LogP contribution in [0.25, 0.3) is 0 Å². The van der Waals surface area contributed by atoms with Gasteiger partial charge in [-0.05, 0) is 23.3 Å². The molecule has 2 aromatic carbocycles. The predicted molar refractivity (Wildman–Crippen MR) is 160 cm³/mol. The highest BCUT2D eigenvalue weighted by Crippen LogP contribution is 2.27. The lowest BCUT2D eigenvalue weighted by Crippen LogP contribution is -2.47. The minimum atomic E-state index is -1.26. The molecule has 2 aromatic rings. The molecule has 1 aliphatic heterocycles. The molecular formula is C30H35ClN2O11. The SMILES string of the molecule is O=C(O)/C=C\C(=O)O.O=C(O)/C=C\C(=O)O.O=C(O)CCN1CCN(CCOC(c2ccccc2)c2ccc(Cl)cc2)CC1. The quantitative estimate of drug-likeness (QED) is 0.201. The number of ether oxygens (including phenoxy) is 1. The smallest absolute Gasteiger partial charge is 0.328 e. The molecule has 13 nitrogen and oxygen atoms in total. The van der Waals surface area contributed by atoms with E-state index in [0.29, 0.717) is 37.5 Å². The Balaban J connectivity index is 0.000000498. The second kappa shape index (κ2) is 21.2. The van der Waals surface area contributed by atoms with Gasteiger partial charge in [-0.25, -0.2) is 19.2 Å². The maximum Gasteiger partial charge on any atom is 0.328 e. The third-order valence-electron chi connectivity index (χ3n) is 5.81. The van der Waals surface area contributed by atoms with E-state index in [1.54, 1.807) is 0 Å². The molecule has 0 radical (unpaired) electrons. The molecular weight excluding hydrogens is 600 g/mol. The number of piperazine rings is 1. The number of rotatable bonds is 13. The fourth-order valence-corrected chi connectivity index (χ4v) is 3.85. The average Bonchev–Trinajstić information content (AvgIpc) is 2.98. The van der Waals surface area contributed by atoms with Crippen LogP contribution in [-0.4, -0.2) is 111 Å². The number of carbonyl (C=O) groups is 5. The zero-order valence-electron chi connectivity index (χ0n) is 23.7. The molecule has 44 heavy (non-hydrogen) atoms. The first-order valence-electron chi connectivity index (χ1n) is 13.2. The number of carboxylic acids is 5. The van der Waals surface area contributed by atoms with Crippen molar-refractivity contribution in [3.8, 4) is 0 Å². The highest BCUT2D eigenvalue weighted by molar-refractivity contribution is 6.30. The van der Waals surface area contributed by atoms with Gasteiger partial charge in [-0.3, -0.25) is 9.69 Å². The minimum Gasteiger partial charge on any atom is -0.481 e. The van der Waals surface area contributed by atoms with Crippen molar-refractivity contribution in [2.75, 3.05) is 45.9 Å². The summed E-state index contributed by atoms with van der Waals surface area (Å²) < 4.78 is 6.29. The van der Waals surface area contributed by atoms with Crippen LogP contribution < -0.4 is 0 Å². The molecule has 1 unspecified atom stereocenters. The van der Waals surface area contributed by atoms with Gasteiger partial charge in [0.25, 0.3) is 0 Å². The van der Waals surface area contributed by atoms with Gasteiger partial charge in [0.1, 0.15) is 6.10 Å². The van der Waals surface area contributed by atoms with Gasteiger partial charge in [0.05, 0.1) is 13.0 Å². The number of hydrogen-bond donors (Lipinski definition) is 5. The number of aliphatic carboxylic acids is 5. The molecule has 0 amide bonds. The Kier molecular flexibility index (Phi) is 18.0. The van der Waals surface area contributed by atoms with E-state index in [0.717, 1.165) is 48.9 Å². The Morgan fingerprint density at radius 1 is 0.659 bits per heavy atom. The summed E-state index contributed by atoms with van der Waals surface area (Å²) in [6.45, 7) is 5.84. The second-order valence-corrected chi connectivity index (χ2v) is 9.50. The first-order valence-corrected chi connectivity index (χ1v) is 13.6. The molecule has 5 N–H and O–H groups in total. The van der Waals surface area contributed by atoms with Gasteiger partial charge in [0.2, 0.25) is 0 Å². The number of nitrogens with zero attached hydrogens (tertiary/aromatic N) is 2. The zero-order chi connectivity index (χ0) is 32.9. The molecule has 1 aliphatic rings. The Morgan fingerprint density at radius 2 is 1.07 bits per heavy atom. The van der Waals surface area contributed by atoms with Crippen LogP contribution in [0.2, 0.25) is 5.02 Å². The van der Waals surface area contributed by atoms with E-state index >= 15 is 0 Å². The lowest BCUT2D eigenvalue weighted by atomic mass is 10.0. The molecule has 1 saturated heterocycles. The maximum atomic E-state index is 10.7. The average molecular weight is 635 g/mol. The van der Waals surface area contributed by atoms with Crippen LogP contribution in [0.3, 0.4) is 0 Å². The summed E-state index contributed by atoms with van der Waals surface area (Å²) >= 11 is 6.04. The number of carboxylic acid groups (broad SMARTS) is 5. The van der Waals surface area contributed by atoms with Crippen LogP contribution >= 0.6 is 11.6 Å². The summed E-state index contributed by atoms with van der Waals surface area (Å²) in [5.41, 5.74) is 2.22. The molecule has 0 spiro atoms. The standard InChI is InChI=1S/C22H27ClN2O3.2C4H4O4/c23-20-8-6-19(7-9-20)22(18-4-2-1-3-5-18)28-17-16-25-14-12-24(13-15-25)11-10-21(26)27;2*5-3(6)1-2-4(7)8/h1-9,22H,10-17H2,(H,26,27);2*1-2H,(H,5,6)(H,7,8)/b;2*2-1-. The molecule has 0 aliphatic carbocycles. The van der Waals surface area contributed by atoms with Gasteiger partial charge in [0, 0.05) is 68.6 Å². The normalized spacial score (nSPS) is 14.1. The van der Waals surface area contributed by atoms with Crippen LogP contribution in [0, 0.1) is 0 Å². The highest BCUT2D eigenvalue weighted by atomic mass is 35.5. The van der Waals surface area contributed by atoms with Crippen molar-refractivity contribution in [2.24, 2.45) is 0 Å². The van der Waals surface area contributed by atoms with Crippen LogP contribution in [0.1, 0.15) is 23.7 Å². The van der Waals surface area contributed by atoms with E-state index in [4.69, 9.17) is 41.9 Å². The third-order valence-corrected chi connectivity index (χ3v) is 6.06. The van der Waals surface area contributed by atoms with E-state index < -0.39 is 29.8 Å². The zero-order valence-corrected chi connectivity index (χ0v) is 24.5. The first kappa shape index (κ1) is 37.5. The molecule has 3 rings (SSSR count). The number of halogens is 1. The van der Waals surface area contributed by atoms with Gasteiger partial charge in [-0.1, -0.05) is 54.1 Å². The number of hydrogen-bond acceptors (Lipinski definition) is 8. The van der Waals surface area contributed by atoms with E-state index in [2.05, 4.69) is 21.9 Å². The van der Waals surface area contributed by atoms with Crippen molar-refractivity contribution in [1.82, 2.24) is 9.80 Å². The lowest BCUT2D eigenvalue weighted by molar-refractivity contribution is -0.137. The van der Waals surface area contributed by atoms with Gasteiger partial charge in [-0.15, -0.1) is 0 Å². The summed E-state index contributed by atoms with van der Waals surface area (Å²) in [6.07, 6.45) is 2.33. The summed E-state index contributed by atoms with van der Waals surface area (Å²) in [4.78, 5) is 53.5. The molecule has 0 saturated carbocycles. The summed E-state index contributed by atoms with van der Waals surface area (Å²) in [7, 11) is 0. The Hall–Kier alpha value is -4.56. The molecule has 0 bridgehead atoms. The van der Waals surface area contributed by atoms with Gasteiger partial charge in [0.15, 0.2) is 0 Å². The van der Waals surface area contributed by atoms with Gasteiger partial charge < -0.3 is 35.2 Å². The van der Waals surface area contributed by atoms with Gasteiger partial charge >= 0.3 is 29.8 Å². The monoisotopic (exact) mass is 634 g/mol. The van der Waals surface area contributed by atoms with Crippen LogP contribution in [0.15, 0.2) is 78.9 Å². The van der Waals surface area contributed by atoms with Crippen LogP contribution in [0.4, 0.5) is 0 Å². The molecule has 0 aromatic heterocycles. The second-order valence-electron chi connectivity index (χ2n) is 9.06.